The normalized spacial score (nSPS) is 17.3. The molecule has 0 saturated heterocycles. The zero-order valence-electron chi connectivity index (χ0n) is 13.1. The van der Waals surface area contributed by atoms with Gasteiger partial charge in [0, 0.05) is 16.2 Å². The molecule has 0 aliphatic heterocycles. The minimum Gasteiger partial charge on any atom is -0.374 e. The van der Waals surface area contributed by atoms with E-state index in [1.54, 1.807) is 0 Å². The van der Waals surface area contributed by atoms with Gasteiger partial charge in [0.15, 0.2) is 0 Å². The predicted octanol–water partition coefficient (Wildman–Crippen LogP) is 4.32. The minimum atomic E-state index is -0.216. The lowest BCUT2D eigenvalue weighted by molar-refractivity contribution is -0.122. The molecule has 4 heteroatoms. The van der Waals surface area contributed by atoms with Crippen LogP contribution in [0.15, 0.2) is 16.6 Å². The number of halogens is 1. The van der Waals surface area contributed by atoms with E-state index in [4.69, 9.17) is 0 Å². The summed E-state index contributed by atoms with van der Waals surface area (Å²) in [5.41, 5.74) is 3.36. The lowest BCUT2D eigenvalue weighted by Crippen LogP contribution is -2.44. The molecule has 1 saturated carbocycles. The lowest BCUT2D eigenvalue weighted by Gasteiger charge is -2.25. The molecule has 2 rings (SSSR count). The number of hydrogen-bond acceptors (Lipinski definition) is 2. The number of carbonyl (C=O) groups is 1. The van der Waals surface area contributed by atoms with Gasteiger partial charge in [-0.2, -0.15) is 0 Å². The number of rotatable bonds is 4. The Kier molecular flexibility index (Phi) is 5.68. The molecular weight excluding hydrogens is 328 g/mol. The number of nitrogens with one attached hydrogen (secondary N) is 2. The van der Waals surface area contributed by atoms with Gasteiger partial charge in [-0.1, -0.05) is 35.2 Å². The maximum absolute atomic E-state index is 12.3. The molecular formula is C17H25BrN2O. The van der Waals surface area contributed by atoms with Crippen molar-refractivity contribution in [1.29, 1.82) is 0 Å². The first kappa shape index (κ1) is 16.3. The molecule has 3 nitrogen and oxygen atoms in total. The predicted molar refractivity (Wildman–Crippen MR) is 91.7 cm³/mol. The lowest BCUT2D eigenvalue weighted by atomic mass is 9.95. The Balaban J connectivity index is 1.93. The quantitative estimate of drug-likeness (QED) is 0.847. The number of benzene rings is 1. The van der Waals surface area contributed by atoms with Crippen LogP contribution in [0, 0.1) is 13.8 Å². The Hall–Kier alpha value is -1.03. The van der Waals surface area contributed by atoms with Crippen molar-refractivity contribution in [3.8, 4) is 0 Å². The average molecular weight is 353 g/mol. The fourth-order valence-corrected chi connectivity index (χ4v) is 3.15. The zero-order chi connectivity index (χ0) is 15.4. The summed E-state index contributed by atoms with van der Waals surface area (Å²) in [6, 6.07) is 4.29. The summed E-state index contributed by atoms with van der Waals surface area (Å²) in [5, 5.41) is 6.48. The fraction of sp³-hybridized carbons (Fsp3) is 0.588. The van der Waals surface area contributed by atoms with Crippen LogP contribution in [-0.4, -0.2) is 18.0 Å². The second-order valence-electron chi connectivity index (χ2n) is 6.13. The van der Waals surface area contributed by atoms with Gasteiger partial charge in [-0.15, -0.1) is 0 Å². The summed E-state index contributed by atoms with van der Waals surface area (Å²) in [5.74, 6) is 0.0973. The fourth-order valence-electron chi connectivity index (χ4n) is 2.92. The van der Waals surface area contributed by atoms with Gasteiger partial charge in [-0.25, -0.2) is 0 Å². The summed E-state index contributed by atoms with van der Waals surface area (Å²) in [7, 11) is 0. The molecule has 0 heterocycles. The van der Waals surface area contributed by atoms with E-state index in [9.17, 15) is 4.79 Å². The molecule has 1 amide bonds. The third kappa shape index (κ3) is 4.47. The van der Waals surface area contributed by atoms with Crippen molar-refractivity contribution in [1.82, 2.24) is 5.32 Å². The van der Waals surface area contributed by atoms with Crippen molar-refractivity contribution in [2.45, 2.75) is 65.0 Å². The Morgan fingerprint density at radius 3 is 2.33 bits per heavy atom. The van der Waals surface area contributed by atoms with Crippen molar-refractivity contribution in [3.63, 3.8) is 0 Å². The maximum Gasteiger partial charge on any atom is 0.242 e. The van der Waals surface area contributed by atoms with Crippen molar-refractivity contribution >= 4 is 27.5 Å². The van der Waals surface area contributed by atoms with Gasteiger partial charge >= 0.3 is 0 Å². The largest absolute Gasteiger partial charge is 0.374 e. The van der Waals surface area contributed by atoms with Crippen molar-refractivity contribution < 1.29 is 4.79 Å². The first-order valence-corrected chi connectivity index (χ1v) is 8.60. The monoisotopic (exact) mass is 352 g/mol. The van der Waals surface area contributed by atoms with Crippen molar-refractivity contribution in [2.24, 2.45) is 0 Å². The molecule has 1 atom stereocenters. The van der Waals surface area contributed by atoms with E-state index in [1.807, 2.05) is 6.92 Å². The van der Waals surface area contributed by atoms with E-state index in [0.717, 1.165) is 23.0 Å². The van der Waals surface area contributed by atoms with E-state index < -0.39 is 0 Å². The maximum atomic E-state index is 12.3. The summed E-state index contributed by atoms with van der Waals surface area (Å²) < 4.78 is 1.13. The number of carbonyl (C=O) groups excluding carboxylic acids is 1. The number of aryl methyl sites for hydroxylation is 2. The highest BCUT2D eigenvalue weighted by Gasteiger charge is 2.19. The molecule has 1 aromatic carbocycles. The van der Waals surface area contributed by atoms with Crippen LogP contribution in [0.1, 0.15) is 50.2 Å². The minimum absolute atomic E-state index is 0.0973. The van der Waals surface area contributed by atoms with Gasteiger partial charge in [-0.05, 0) is 56.9 Å². The van der Waals surface area contributed by atoms with Gasteiger partial charge in [0.25, 0.3) is 0 Å². The third-order valence-corrected chi connectivity index (χ3v) is 5.42. The van der Waals surface area contributed by atoms with Crippen LogP contribution in [0.4, 0.5) is 5.69 Å². The van der Waals surface area contributed by atoms with Crippen molar-refractivity contribution in [3.05, 3.63) is 27.7 Å². The van der Waals surface area contributed by atoms with Gasteiger partial charge < -0.3 is 10.6 Å². The SMILES string of the molecule is Cc1cc(NC(C)C(=O)NC2CCCCC2)cc(C)c1Br. The topological polar surface area (TPSA) is 41.1 Å². The highest BCUT2D eigenvalue weighted by Crippen LogP contribution is 2.25. The van der Waals surface area contributed by atoms with Gasteiger partial charge in [0.1, 0.15) is 6.04 Å². The molecule has 0 bridgehead atoms. The average Bonchev–Trinajstić information content (AvgIpc) is 2.45. The van der Waals surface area contributed by atoms with Crippen LogP contribution in [0.3, 0.4) is 0 Å². The van der Waals surface area contributed by atoms with Crippen LogP contribution >= 0.6 is 15.9 Å². The van der Waals surface area contributed by atoms with Gasteiger partial charge in [0.05, 0.1) is 0 Å². The number of anilines is 1. The molecule has 0 radical (unpaired) electrons. The Morgan fingerprint density at radius 1 is 1.19 bits per heavy atom. The highest BCUT2D eigenvalue weighted by atomic mass is 79.9. The molecule has 0 aromatic heterocycles. The third-order valence-electron chi connectivity index (χ3n) is 4.16. The molecule has 2 N–H and O–H groups in total. The van der Waals surface area contributed by atoms with Crippen LogP contribution in [0.5, 0.6) is 0 Å². The molecule has 116 valence electrons. The van der Waals surface area contributed by atoms with Crippen LogP contribution in [0.2, 0.25) is 0 Å². The van der Waals surface area contributed by atoms with E-state index in [2.05, 4.69) is 52.5 Å². The summed E-state index contributed by atoms with van der Waals surface area (Å²) in [4.78, 5) is 12.3. The van der Waals surface area contributed by atoms with Crippen LogP contribution in [0.25, 0.3) is 0 Å². The summed E-state index contributed by atoms with van der Waals surface area (Å²) in [6.45, 7) is 6.05. The smallest absolute Gasteiger partial charge is 0.242 e. The summed E-state index contributed by atoms with van der Waals surface area (Å²) in [6.07, 6.45) is 6.01. The summed E-state index contributed by atoms with van der Waals surface area (Å²) >= 11 is 3.57. The first-order valence-electron chi connectivity index (χ1n) is 7.81. The number of amides is 1. The van der Waals surface area contributed by atoms with Gasteiger partial charge in [0.2, 0.25) is 5.91 Å². The molecule has 1 unspecified atom stereocenters. The van der Waals surface area contributed by atoms with E-state index in [0.29, 0.717) is 6.04 Å². The standard InChI is InChI=1S/C17H25BrN2O/c1-11-9-15(10-12(2)16(11)18)19-13(3)17(21)20-14-7-5-4-6-8-14/h9-10,13-14,19H,4-8H2,1-3H3,(H,20,21). The van der Waals surface area contributed by atoms with E-state index in [1.165, 1.54) is 30.4 Å². The molecule has 1 aliphatic rings. The number of hydrogen-bond donors (Lipinski definition) is 2. The van der Waals surface area contributed by atoms with E-state index in [-0.39, 0.29) is 11.9 Å². The van der Waals surface area contributed by atoms with Crippen LogP contribution in [-0.2, 0) is 4.79 Å². The molecule has 1 fully saturated rings. The van der Waals surface area contributed by atoms with Crippen LogP contribution < -0.4 is 10.6 Å². The zero-order valence-corrected chi connectivity index (χ0v) is 14.7. The second-order valence-corrected chi connectivity index (χ2v) is 6.93. The second kappa shape index (κ2) is 7.30. The molecule has 1 aromatic rings. The molecule has 21 heavy (non-hydrogen) atoms. The Bertz CT molecular complexity index is 487. The Morgan fingerprint density at radius 2 is 1.76 bits per heavy atom. The van der Waals surface area contributed by atoms with Crippen molar-refractivity contribution in [2.75, 3.05) is 5.32 Å². The van der Waals surface area contributed by atoms with E-state index >= 15 is 0 Å². The Labute approximate surface area is 136 Å². The molecule has 0 spiro atoms. The highest BCUT2D eigenvalue weighted by molar-refractivity contribution is 9.10. The van der Waals surface area contributed by atoms with Gasteiger partial charge in [-0.3, -0.25) is 4.79 Å². The molecule has 1 aliphatic carbocycles. The first-order chi connectivity index (χ1) is 9.97.